The fraction of sp³-hybridized carbons (Fsp3) is 0.625. The smallest absolute Gasteiger partial charge is 0.0446 e. The van der Waals surface area contributed by atoms with Crippen LogP contribution in [0, 0.1) is 5.92 Å². The summed E-state index contributed by atoms with van der Waals surface area (Å²) in [6.45, 7) is 11.8. The van der Waals surface area contributed by atoms with Gasteiger partial charge in [0, 0.05) is 13.1 Å². The highest BCUT2D eigenvalue weighted by atomic mass is 35.5. The maximum absolute atomic E-state index is 6.08. The first-order valence-corrected chi connectivity index (χ1v) is 11.4. The summed E-state index contributed by atoms with van der Waals surface area (Å²) in [4.78, 5) is 0. The van der Waals surface area contributed by atoms with E-state index in [4.69, 9.17) is 11.6 Å². The zero-order chi connectivity index (χ0) is 14.3. The predicted molar refractivity (Wildman–Crippen MR) is 90.0 cm³/mol. The molecule has 1 aromatic rings. The van der Waals surface area contributed by atoms with Crippen molar-refractivity contribution >= 4 is 19.7 Å². The molecule has 3 heteroatoms. The summed E-state index contributed by atoms with van der Waals surface area (Å²) >= 11 is 6.08. The van der Waals surface area contributed by atoms with Crippen LogP contribution in [0.3, 0.4) is 0 Å². The fourth-order valence-electron chi connectivity index (χ4n) is 2.56. The van der Waals surface area contributed by atoms with E-state index in [-0.39, 0.29) is 0 Å². The van der Waals surface area contributed by atoms with Crippen molar-refractivity contribution in [2.45, 2.75) is 45.5 Å². The van der Waals surface area contributed by atoms with Crippen molar-refractivity contribution in [3.05, 3.63) is 34.9 Å². The van der Waals surface area contributed by atoms with E-state index in [1.807, 2.05) is 6.07 Å². The highest BCUT2D eigenvalue weighted by Gasteiger charge is 2.20. The van der Waals surface area contributed by atoms with Crippen molar-refractivity contribution in [3.63, 3.8) is 0 Å². The summed E-state index contributed by atoms with van der Waals surface area (Å²) in [6.07, 6.45) is 2.35. The maximum Gasteiger partial charge on any atom is 0.0446 e. The van der Waals surface area contributed by atoms with E-state index in [9.17, 15) is 0 Å². The molecule has 1 nitrogen and oxygen atoms in total. The molecule has 1 atom stereocenters. The zero-order valence-electron chi connectivity index (χ0n) is 12.8. The van der Waals surface area contributed by atoms with Gasteiger partial charge >= 0.3 is 0 Å². The molecule has 0 saturated carbocycles. The van der Waals surface area contributed by atoms with Crippen LogP contribution in [0.2, 0.25) is 30.7 Å². The van der Waals surface area contributed by atoms with E-state index in [1.54, 1.807) is 0 Å². The van der Waals surface area contributed by atoms with Gasteiger partial charge in [-0.2, -0.15) is 0 Å². The predicted octanol–water partition coefficient (Wildman–Crippen LogP) is 4.84. The third-order valence-electron chi connectivity index (χ3n) is 3.17. The third kappa shape index (κ3) is 7.76. The molecule has 0 aliphatic heterocycles. The molecule has 0 spiro atoms. The van der Waals surface area contributed by atoms with E-state index in [0.717, 1.165) is 30.5 Å². The van der Waals surface area contributed by atoms with Gasteiger partial charge in [0.1, 0.15) is 0 Å². The molecule has 19 heavy (non-hydrogen) atoms. The first-order valence-electron chi connectivity index (χ1n) is 7.36. The lowest BCUT2D eigenvalue weighted by atomic mass is 10.0. The molecular weight excluding hydrogens is 270 g/mol. The van der Waals surface area contributed by atoms with Gasteiger partial charge < -0.3 is 5.32 Å². The van der Waals surface area contributed by atoms with E-state index in [2.05, 4.69) is 50.1 Å². The molecule has 0 aliphatic carbocycles. The number of nitrogens with one attached hydrogen (secondary N) is 1. The summed E-state index contributed by atoms with van der Waals surface area (Å²) in [5.74, 6) is 0.733. The fourth-order valence-corrected chi connectivity index (χ4v) is 4.80. The SMILES string of the molecule is CCCNCC(Cc1cccc(Cl)c1)C[Si](C)(C)C. The van der Waals surface area contributed by atoms with Gasteiger partial charge in [0.2, 0.25) is 0 Å². The second-order valence-corrected chi connectivity index (χ2v) is 12.6. The number of halogens is 1. The van der Waals surface area contributed by atoms with Crippen molar-refractivity contribution in [3.8, 4) is 0 Å². The Morgan fingerprint density at radius 3 is 2.58 bits per heavy atom. The van der Waals surface area contributed by atoms with E-state index in [1.165, 1.54) is 18.0 Å². The molecule has 0 heterocycles. The molecule has 0 aromatic heterocycles. The minimum absolute atomic E-state index is 0.733. The standard InChI is InChI=1S/C16H28ClNSi/c1-5-9-18-12-15(13-19(2,3)4)10-14-7-6-8-16(17)11-14/h6-8,11,15,18H,5,9-10,12-13H2,1-4H3. The van der Waals surface area contributed by atoms with Crippen LogP contribution in [0.15, 0.2) is 24.3 Å². The number of hydrogen-bond donors (Lipinski definition) is 1. The van der Waals surface area contributed by atoms with Gasteiger partial charge in [-0.1, -0.05) is 56.3 Å². The summed E-state index contributed by atoms with van der Waals surface area (Å²) in [6, 6.07) is 9.69. The molecule has 108 valence electrons. The number of rotatable bonds is 8. The summed E-state index contributed by atoms with van der Waals surface area (Å²) < 4.78 is 0. The molecule has 1 N–H and O–H groups in total. The van der Waals surface area contributed by atoms with Crippen LogP contribution in [-0.2, 0) is 6.42 Å². The topological polar surface area (TPSA) is 12.0 Å². The monoisotopic (exact) mass is 297 g/mol. The Labute approximate surface area is 124 Å². The van der Waals surface area contributed by atoms with Gasteiger partial charge in [-0.05, 0) is 49.5 Å². The average molecular weight is 298 g/mol. The quantitative estimate of drug-likeness (QED) is 0.535. The average Bonchev–Trinajstić information content (AvgIpc) is 2.27. The van der Waals surface area contributed by atoms with Gasteiger partial charge in [-0.3, -0.25) is 0 Å². The van der Waals surface area contributed by atoms with Crippen molar-refractivity contribution < 1.29 is 0 Å². The highest BCUT2D eigenvalue weighted by molar-refractivity contribution is 6.76. The minimum Gasteiger partial charge on any atom is -0.316 e. The van der Waals surface area contributed by atoms with Gasteiger partial charge in [-0.25, -0.2) is 0 Å². The minimum atomic E-state index is -1.02. The zero-order valence-corrected chi connectivity index (χ0v) is 14.6. The Hall–Kier alpha value is -0.313. The van der Waals surface area contributed by atoms with Crippen LogP contribution in [0.25, 0.3) is 0 Å². The maximum atomic E-state index is 6.08. The van der Waals surface area contributed by atoms with Crippen LogP contribution in [-0.4, -0.2) is 21.2 Å². The van der Waals surface area contributed by atoms with Gasteiger partial charge in [0.25, 0.3) is 0 Å². The van der Waals surface area contributed by atoms with Crippen LogP contribution in [0.5, 0.6) is 0 Å². The molecule has 0 fully saturated rings. The molecular formula is C16H28ClNSi. The van der Waals surface area contributed by atoms with Crippen molar-refractivity contribution in [1.82, 2.24) is 5.32 Å². The van der Waals surface area contributed by atoms with Crippen LogP contribution in [0.1, 0.15) is 18.9 Å². The second-order valence-electron chi connectivity index (χ2n) is 6.67. The van der Waals surface area contributed by atoms with Gasteiger partial charge in [-0.15, -0.1) is 0 Å². The van der Waals surface area contributed by atoms with Crippen LogP contribution in [0.4, 0.5) is 0 Å². The molecule has 1 aromatic carbocycles. The normalized spacial score (nSPS) is 13.5. The Morgan fingerprint density at radius 1 is 1.26 bits per heavy atom. The van der Waals surface area contributed by atoms with Gasteiger partial charge in [0.15, 0.2) is 0 Å². The molecule has 1 unspecified atom stereocenters. The van der Waals surface area contributed by atoms with E-state index in [0.29, 0.717) is 0 Å². The Kier molecular flexibility index (Phi) is 7.12. The van der Waals surface area contributed by atoms with E-state index >= 15 is 0 Å². The molecule has 1 rings (SSSR count). The largest absolute Gasteiger partial charge is 0.316 e. The lowest BCUT2D eigenvalue weighted by molar-refractivity contribution is 0.505. The lowest BCUT2D eigenvalue weighted by Gasteiger charge is -2.25. The Bertz CT molecular complexity index is 373. The Balaban J connectivity index is 2.62. The van der Waals surface area contributed by atoms with E-state index < -0.39 is 8.07 Å². The van der Waals surface area contributed by atoms with Crippen LogP contribution < -0.4 is 5.32 Å². The van der Waals surface area contributed by atoms with Crippen molar-refractivity contribution in [2.24, 2.45) is 5.92 Å². The first-order chi connectivity index (χ1) is 8.90. The molecule has 0 aliphatic rings. The van der Waals surface area contributed by atoms with Crippen molar-refractivity contribution in [1.29, 1.82) is 0 Å². The number of hydrogen-bond acceptors (Lipinski definition) is 1. The van der Waals surface area contributed by atoms with Gasteiger partial charge in [0.05, 0.1) is 0 Å². The highest BCUT2D eigenvalue weighted by Crippen LogP contribution is 2.22. The first kappa shape index (κ1) is 16.7. The van der Waals surface area contributed by atoms with Crippen LogP contribution >= 0.6 is 11.6 Å². The third-order valence-corrected chi connectivity index (χ3v) is 5.21. The Morgan fingerprint density at radius 2 is 2.00 bits per heavy atom. The number of benzene rings is 1. The summed E-state index contributed by atoms with van der Waals surface area (Å²) in [7, 11) is -1.02. The summed E-state index contributed by atoms with van der Waals surface area (Å²) in [5, 5.41) is 4.43. The molecule has 0 bridgehead atoms. The second kappa shape index (κ2) is 8.08. The lowest BCUT2D eigenvalue weighted by Crippen LogP contribution is -2.32. The molecule has 0 amide bonds. The van der Waals surface area contributed by atoms with Crippen molar-refractivity contribution in [2.75, 3.05) is 13.1 Å². The summed E-state index contributed by atoms with van der Waals surface area (Å²) in [5.41, 5.74) is 1.37. The molecule has 0 radical (unpaired) electrons. The molecule has 0 saturated heterocycles.